The second kappa shape index (κ2) is 6.11. The number of rotatable bonds is 3. The van der Waals surface area contributed by atoms with Gasteiger partial charge in [-0.15, -0.1) is 0 Å². The fourth-order valence-corrected chi connectivity index (χ4v) is 4.38. The van der Waals surface area contributed by atoms with Crippen molar-refractivity contribution in [2.75, 3.05) is 33.7 Å². The molecule has 0 spiro atoms. The predicted molar refractivity (Wildman–Crippen MR) is 82.2 cm³/mol. The van der Waals surface area contributed by atoms with Crippen LogP contribution in [0.3, 0.4) is 0 Å². The highest BCUT2D eigenvalue weighted by atomic mass is 15.3. The van der Waals surface area contributed by atoms with Gasteiger partial charge < -0.3 is 10.6 Å². The smallest absolute Gasteiger partial charge is 0.0360 e. The Hall–Kier alpha value is -0.120. The molecule has 1 saturated heterocycles. The normalized spacial score (nSPS) is 41.7. The number of hydrogen-bond acceptors (Lipinski definition) is 3. The molecule has 0 aromatic heterocycles. The van der Waals surface area contributed by atoms with Gasteiger partial charge in [0.1, 0.15) is 0 Å². The van der Waals surface area contributed by atoms with Gasteiger partial charge in [0.15, 0.2) is 0 Å². The molecule has 3 nitrogen and oxygen atoms in total. The number of likely N-dealkylation sites (N-methyl/N-ethyl adjacent to an activating group) is 1. The van der Waals surface area contributed by atoms with Crippen LogP contribution in [-0.2, 0) is 0 Å². The van der Waals surface area contributed by atoms with Gasteiger partial charge in [0, 0.05) is 24.7 Å². The molecular formula is C16H33N3. The Kier molecular flexibility index (Phi) is 4.91. The summed E-state index contributed by atoms with van der Waals surface area (Å²) in [4.78, 5) is 5.15. The van der Waals surface area contributed by atoms with Crippen LogP contribution in [0.2, 0.25) is 0 Å². The third-order valence-electron chi connectivity index (χ3n) is 6.08. The van der Waals surface area contributed by atoms with E-state index in [2.05, 4.69) is 37.7 Å². The summed E-state index contributed by atoms with van der Waals surface area (Å²) in [7, 11) is 4.44. The molecule has 2 N–H and O–H groups in total. The van der Waals surface area contributed by atoms with Crippen LogP contribution in [0.25, 0.3) is 0 Å². The van der Waals surface area contributed by atoms with Gasteiger partial charge in [-0.2, -0.15) is 0 Å². The van der Waals surface area contributed by atoms with Crippen molar-refractivity contribution in [3.8, 4) is 0 Å². The van der Waals surface area contributed by atoms with Gasteiger partial charge in [-0.1, -0.05) is 26.7 Å². The molecule has 1 heterocycles. The Balaban J connectivity index is 2.15. The van der Waals surface area contributed by atoms with Crippen molar-refractivity contribution in [1.82, 2.24) is 9.80 Å². The van der Waals surface area contributed by atoms with Crippen LogP contribution < -0.4 is 5.73 Å². The quantitative estimate of drug-likeness (QED) is 0.850. The first-order valence-corrected chi connectivity index (χ1v) is 8.13. The number of piperidine rings is 1. The monoisotopic (exact) mass is 267 g/mol. The van der Waals surface area contributed by atoms with Crippen LogP contribution in [0.5, 0.6) is 0 Å². The first-order valence-electron chi connectivity index (χ1n) is 8.13. The van der Waals surface area contributed by atoms with E-state index in [1.54, 1.807) is 0 Å². The highest BCUT2D eigenvalue weighted by molar-refractivity contribution is 5.02. The van der Waals surface area contributed by atoms with Crippen LogP contribution in [0.1, 0.15) is 46.0 Å². The van der Waals surface area contributed by atoms with Crippen LogP contribution in [-0.4, -0.2) is 55.1 Å². The third-order valence-corrected chi connectivity index (χ3v) is 6.08. The number of nitrogens with zero attached hydrogens (tertiary/aromatic N) is 2. The minimum atomic E-state index is 0.270. The lowest BCUT2D eigenvalue weighted by Gasteiger charge is -2.55. The van der Waals surface area contributed by atoms with E-state index in [4.69, 9.17) is 5.73 Å². The Morgan fingerprint density at radius 3 is 2.58 bits per heavy atom. The molecule has 0 amide bonds. The van der Waals surface area contributed by atoms with E-state index in [-0.39, 0.29) is 5.54 Å². The number of likely N-dealkylation sites (tertiary alicyclic amines) is 1. The van der Waals surface area contributed by atoms with Gasteiger partial charge >= 0.3 is 0 Å². The van der Waals surface area contributed by atoms with Gasteiger partial charge in [-0.25, -0.2) is 0 Å². The van der Waals surface area contributed by atoms with Gasteiger partial charge in [0.05, 0.1) is 0 Å². The van der Waals surface area contributed by atoms with E-state index in [0.717, 1.165) is 18.4 Å². The highest BCUT2D eigenvalue weighted by Gasteiger charge is 2.46. The van der Waals surface area contributed by atoms with Crippen molar-refractivity contribution in [3.05, 3.63) is 0 Å². The maximum Gasteiger partial charge on any atom is 0.0360 e. The van der Waals surface area contributed by atoms with Crippen LogP contribution in [0.15, 0.2) is 0 Å². The molecule has 1 aliphatic heterocycles. The topological polar surface area (TPSA) is 32.5 Å². The number of hydrogen-bond donors (Lipinski definition) is 1. The molecule has 0 bridgehead atoms. The van der Waals surface area contributed by atoms with Crippen molar-refractivity contribution in [1.29, 1.82) is 0 Å². The second-order valence-electron chi connectivity index (χ2n) is 7.17. The van der Waals surface area contributed by atoms with Crippen molar-refractivity contribution in [3.63, 3.8) is 0 Å². The lowest BCUT2D eigenvalue weighted by Crippen LogP contribution is -2.64. The molecule has 112 valence electrons. The van der Waals surface area contributed by atoms with Crippen molar-refractivity contribution >= 4 is 0 Å². The fourth-order valence-electron chi connectivity index (χ4n) is 4.38. The SMILES string of the molecule is CC1CCCC(CN)(N2CCCC(N(C)C)C2)C1C. The predicted octanol–water partition coefficient (Wildman–Crippen LogP) is 2.17. The summed E-state index contributed by atoms with van der Waals surface area (Å²) < 4.78 is 0. The van der Waals surface area contributed by atoms with Gasteiger partial charge in [0.2, 0.25) is 0 Å². The zero-order chi connectivity index (χ0) is 14.0. The molecule has 2 fully saturated rings. The van der Waals surface area contributed by atoms with E-state index < -0.39 is 0 Å². The number of nitrogens with two attached hydrogens (primary N) is 1. The minimum Gasteiger partial charge on any atom is -0.329 e. The zero-order valence-corrected chi connectivity index (χ0v) is 13.4. The van der Waals surface area contributed by atoms with E-state index in [0.29, 0.717) is 6.04 Å². The summed E-state index contributed by atoms with van der Waals surface area (Å²) in [6, 6.07) is 0.710. The maximum absolute atomic E-state index is 6.29. The lowest BCUT2D eigenvalue weighted by atomic mass is 9.67. The first kappa shape index (κ1) is 15.3. The summed E-state index contributed by atoms with van der Waals surface area (Å²) in [5.74, 6) is 1.55. The van der Waals surface area contributed by atoms with Crippen molar-refractivity contribution < 1.29 is 0 Å². The molecule has 2 rings (SSSR count). The van der Waals surface area contributed by atoms with Crippen LogP contribution in [0.4, 0.5) is 0 Å². The van der Waals surface area contributed by atoms with E-state index in [1.165, 1.54) is 45.2 Å². The molecular weight excluding hydrogens is 234 g/mol. The van der Waals surface area contributed by atoms with E-state index >= 15 is 0 Å². The van der Waals surface area contributed by atoms with Crippen molar-refractivity contribution in [2.45, 2.75) is 57.5 Å². The Labute approximate surface area is 119 Å². The molecule has 1 aliphatic carbocycles. The molecule has 0 aromatic rings. The van der Waals surface area contributed by atoms with E-state index in [1.807, 2.05) is 0 Å². The van der Waals surface area contributed by atoms with Crippen LogP contribution in [0, 0.1) is 11.8 Å². The second-order valence-corrected chi connectivity index (χ2v) is 7.17. The van der Waals surface area contributed by atoms with E-state index in [9.17, 15) is 0 Å². The summed E-state index contributed by atoms with van der Waals surface area (Å²) in [6.07, 6.45) is 6.70. The average Bonchev–Trinajstić information content (AvgIpc) is 2.42. The fraction of sp³-hybridized carbons (Fsp3) is 1.00. The zero-order valence-electron chi connectivity index (χ0n) is 13.4. The molecule has 3 heteroatoms. The minimum absolute atomic E-state index is 0.270. The molecule has 4 unspecified atom stereocenters. The summed E-state index contributed by atoms with van der Waals surface area (Å²) in [6.45, 7) is 8.15. The Bertz CT molecular complexity index is 292. The van der Waals surface area contributed by atoms with Gasteiger partial charge in [0.25, 0.3) is 0 Å². The standard InChI is InChI=1S/C16H33N3/c1-13-7-5-9-16(12-17,14(13)2)19-10-6-8-15(11-19)18(3)4/h13-15H,5-12,17H2,1-4H3. The molecule has 2 aliphatic rings. The molecule has 0 aromatic carbocycles. The lowest BCUT2D eigenvalue weighted by molar-refractivity contribution is -0.0383. The van der Waals surface area contributed by atoms with Crippen molar-refractivity contribution in [2.24, 2.45) is 17.6 Å². The Morgan fingerprint density at radius 2 is 1.95 bits per heavy atom. The average molecular weight is 267 g/mol. The van der Waals surface area contributed by atoms with Gasteiger partial charge in [-0.3, -0.25) is 4.90 Å². The Morgan fingerprint density at radius 1 is 1.21 bits per heavy atom. The largest absolute Gasteiger partial charge is 0.329 e. The van der Waals surface area contributed by atoms with Crippen LogP contribution >= 0.6 is 0 Å². The van der Waals surface area contributed by atoms with Gasteiger partial charge in [-0.05, 0) is 51.7 Å². The molecule has 19 heavy (non-hydrogen) atoms. The highest BCUT2D eigenvalue weighted by Crippen LogP contribution is 2.42. The molecule has 0 radical (unpaired) electrons. The molecule has 4 atom stereocenters. The molecule has 1 saturated carbocycles. The summed E-state index contributed by atoms with van der Waals surface area (Å²) in [5.41, 5.74) is 6.56. The summed E-state index contributed by atoms with van der Waals surface area (Å²) >= 11 is 0. The third kappa shape index (κ3) is 2.84. The first-order chi connectivity index (χ1) is 9.01. The maximum atomic E-state index is 6.29. The summed E-state index contributed by atoms with van der Waals surface area (Å²) in [5, 5.41) is 0.